The Balaban J connectivity index is 1.85. The molecule has 3 heterocycles. The molecule has 0 saturated carbocycles. The monoisotopic (exact) mass is 550 g/mol. The molecule has 2 aromatic heterocycles. The Bertz CT molecular complexity index is 1450. The maximum Gasteiger partial charge on any atom is 0.350 e. The SMILES string of the molecule is C=CCOC(=O)c1sc(N2C(=O)C(O)=C(C(=O)c3ccco3)C2c2ccc(OCC=C)c(OCC)c2)nc1C. The lowest BCUT2D eigenvalue weighted by Crippen LogP contribution is -2.31. The van der Waals surface area contributed by atoms with E-state index in [1.165, 1.54) is 29.4 Å². The van der Waals surface area contributed by atoms with Crippen molar-refractivity contribution in [2.75, 3.05) is 24.7 Å². The van der Waals surface area contributed by atoms with E-state index in [0.717, 1.165) is 11.3 Å². The second-order valence-corrected chi connectivity index (χ2v) is 9.16. The number of anilines is 1. The third-order valence-electron chi connectivity index (χ3n) is 5.65. The molecule has 0 fully saturated rings. The lowest BCUT2D eigenvalue weighted by atomic mass is 9.95. The first-order chi connectivity index (χ1) is 18.8. The Hall–Kier alpha value is -4.64. The van der Waals surface area contributed by atoms with Crippen molar-refractivity contribution in [2.45, 2.75) is 19.9 Å². The van der Waals surface area contributed by atoms with Gasteiger partial charge in [0, 0.05) is 0 Å². The highest BCUT2D eigenvalue weighted by atomic mass is 32.1. The van der Waals surface area contributed by atoms with Gasteiger partial charge in [-0.05, 0) is 43.7 Å². The molecule has 0 saturated heterocycles. The number of ether oxygens (including phenoxy) is 3. The molecule has 0 bridgehead atoms. The summed E-state index contributed by atoms with van der Waals surface area (Å²) in [6, 6.07) is 6.76. The van der Waals surface area contributed by atoms with E-state index < -0.39 is 29.5 Å². The summed E-state index contributed by atoms with van der Waals surface area (Å²) in [7, 11) is 0. The van der Waals surface area contributed by atoms with Crippen molar-refractivity contribution in [3.05, 3.63) is 95.1 Å². The van der Waals surface area contributed by atoms with Gasteiger partial charge < -0.3 is 23.7 Å². The molecule has 1 aromatic carbocycles. The summed E-state index contributed by atoms with van der Waals surface area (Å²) < 4.78 is 21.9. The van der Waals surface area contributed by atoms with Crippen LogP contribution in [0.2, 0.25) is 0 Å². The number of aliphatic hydroxyl groups is 1. The van der Waals surface area contributed by atoms with Crippen LogP contribution in [0.15, 0.2) is 77.7 Å². The van der Waals surface area contributed by atoms with Crippen LogP contribution >= 0.6 is 11.3 Å². The molecule has 1 atom stereocenters. The van der Waals surface area contributed by atoms with E-state index in [0.29, 0.717) is 29.4 Å². The summed E-state index contributed by atoms with van der Waals surface area (Å²) in [5, 5.41) is 11.1. The first-order valence-electron chi connectivity index (χ1n) is 11.9. The van der Waals surface area contributed by atoms with Gasteiger partial charge in [-0.15, -0.1) is 0 Å². The minimum absolute atomic E-state index is 0.00139. The van der Waals surface area contributed by atoms with Gasteiger partial charge in [-0.3, -0.25) is 14.5 Å². The van der Waals surface area contributed by atoms with Gasteiger partial charge in [0.05, 0.1) is 30.2 Å². The first-order valence-corrected chi connectivity index (χ1v) is 12.7. The fourth-order valence-corrected chi connectivity index (χ4v) is 4.98. The standard InChI is InChI=1S/C28H26N2O8S/c1-5-12-36-18-11-10-17(15-20(18)35-7-3)22-21(23(31)19-9-8-14-37-19)24(32)26(33)30(22)28-29-16(4)25(39-28)27(34)38-13-6-2/h5-6,8-11,14-15,22,32H,1-2,7,12-13H2,3-4H3. The van der Waals surface area contributed by atoms with E-state index in [9.17, 15) is 19.5 Å². The largest absolute Gasteiger partial charge is 0.503 e. The van der Waals surface area contributed by atoms with Crippen molar-refractivity contribution >= 4 is 34.1 Å². The molecule has 0 radical (unpaired) electrons. The normalized spacial score (nSPS) is 14.9. The van der Waals surface area contributed by atoms with Crippen LogP contribution in [-0.2, 0) is 9.53 Å². The predicted molar refractivity (Wildman–Crippen MR) is 144 cm³/mol. The molecule has 202 valence electrons. The van der Waals surface area contributed by atoms with Crippen LogP contribution in [0.4, 0.5) is 5.13 Å². The van der Waals surface area contributed by atoms with Gasteiger partial charge in [-0.2, -0.15) is 0 Å². The molecule has 10 nitrogen and oxygen atoms in total. The molecule has 1 N–H and O–H groups in total. The van der Waals surface area contributed by atoms with E-state index in [1.807, 2.05) is 0 Å². The Morgan fingerprint density at radius 3 is 2.62 bits per heavy atom. The lowest BCUT2D eigenvalue weighted by molar-refractivity contribution is -0.117. The van der Waals surface area contributed by atoms with Crippen LogP contribution in [0.3, 0.4) is 0 Å². The van der Waals surface area contributed by atoms with Crippen molar-refractivity contribution in [1.29, 1.82) is 0 Å². The summed E-state index contributed by atoms with van der Waals surface area (Å²) >= 11 is 0.905. The zero-order chi connectivity index (χ0) is 28.1. The van der Waals surface area contributed by atoms with Crippen LogP contribution in [-0.4, -0.2) is 47.6 Å². The van der Waals surface area contributed by atoms with Crippen LogP contribution in [0.5, 0.6) is 11.5 Å². The molecule has 0 aliphatic carbocycles. The van der Waals surface area contributed by atoms with E-state index in [2.05, 4.69) is 18.1 Å². The number of hydrogen-bond donors (Lipinski definition) is 1. The third kappa shape index (κ3) is 5.34. The number of Topliss-reactive ketones (excluding diaryl/α,β-unsaturated/α-hetero) is 1. The number of aryl methyl sites for hydroxylation is 1. The highest BCUT2D eigenvalue weighted by Crippen LogP contribution is 2.45. The van der Waals surface area contributed by atoms with Gasteiger partial charge in [0.2, 0.25) is 5.78 Å². The smallest absolute Gasteiger partial charge is 0.350 e. The van der Waals surface area contributed by atoms with Crippen molar-refractivity contribution in [3.63, 3.8) is 0 Å². The Morgan fingerprint density at radius 1 is 1.18 bits per heavy atom. The minimum atomic E-state index is -1.12. The van der Waals surface area contributed by atoms with Gasteiger partial charge in [0.1, 0.15) is 18.1 Å². The van der Waals surface area contributed by atoms with Crippen molar-refractivity contribution in [3.8, 4) is 11.5 Å². The molecule has 1 amide bonds. The van der Waals surface area contributed by atoms with E-state index in [4.69, 9.17) is 18.6 Å². The Kier molecular flexibility index (Phi) is 8.30. The number of rotatable bonds is 12. The topological polar surface area (TPSA) is 128 Å². The second kappa shape index (κ2) is 11.8. The van der Waals surface area contributed by atoms with Gasteiger partial charge in [0.25, 0.3) is 5.91 Å². The number of ketones is 1. The fourth-order valence-electron chi connectivity index (χ4n) is 4.00. The molecule has 1 aliphatic rings. The summed E-state index contributed by atoms with van der Waals surface area (Å²) in [5.74, 6) is -2.19. The van der Waals surface area contributed by atoms with Crippen LogP contribution < -0.4 is 14.4 Å². The molecule has 1 unspecified atom stereocenters. The number of hydrogen-bond acceptors (Lipinski definition) is 10. The summed E-state index contributed by atoms with van der Waals surface area (Å²) in [6.07, 6.45) is 4.34. The number of carbonyl (C=O) groups is 3. The summed E-state index contributed by atoms with van der Waals surface area (Å²) in [5.41, 5.74) is 0.547. The quantitative estimate of drug-likeness (QED) is 0.185. The number of esters is 1. The first kappa shape index (κ1) is 27.4. The summed E-state index contributed by atoms with van der Waals surface area (Å²) in [4.78, 5) is 45.3. The predicted octanol–water partition coefficient (Wildman–Crippen LogP) is 5.13. The number of amides is 1. The van der Waals surface area contributed by atoms with Crippen LogP contribution in [0.1, 0.15) is 44.4 Å². The second-order valence-electron chi connectivity index (χ2n) is 8.18. The number of nitrogens with zero attached hydrogens (tertiary/aromatic N) is 2. The van der Waals surface area contributed by atoms with Crippen LogP contribution in [0, 0.1) is 6.92 Å². The molecule has 3 aromatic rings. The lowest BCUT2D eigenvalue weighted by Gasteiger charge is -2.25. The number of thiazole rings is 1. The minimum Gasteiger partial charge on any atom is -0.503 e. The number of aliphatic hydroxyl groups excluding tert-OH is 1. The molecule has 1 aliphatic heterocycles. The van der Waals surface area contributed by atoms with Crippen LogP contribution in [0.25, 0.3) is 0 Å². The summed E-state index contributed by atoms with van der Waals surface area (Å²) in [6.45, 7) is 11.1. The number of benzene rings is 1. The molecule has 0 spiro atoms. The Morgan fingerprint density at radius 2 is 1.95 bits per heavy atom. The maximum absolute atomic E-state index is 13.5. The van der Waals surface area contributed by atoms with E-state index in [-0.39, 0.29) is 34.6 Å². The van der Waals surface area contributed by atoms with E-state index >= 15 is 0 Å². The van der Waals surface area contributed by atoms with Crippen molar-refractivity contribution < 1.29 is 38.1 Å². The fraction of sp³-hybridized carbons (Fsp3) is 0.214. The average Bonchev–Trinajstić information content (AvgIpc) is 3.65. The molecule has 39 heavy (non-hydrogen) atoms. The molecule has 11 heteroatoms. The molecular weight excluding hydrogens is 524 g/mol. The maximum atomic E-state index is 13.5. The highest BCUT2D eigenvalue weighted by Gasteiger charge is 2.47. The van der Waals surface area contributed by atoms with Crippen molar-refractivity contribution in [1.82, 2.24) is 4.98 Å². The van der Waals surface area contributed by atoms with Gasteiger partial charge in [-0.1, -0.05) is 42.7 Å². The third-order valence-corrected chi connectivity index (χ3v) is 6.78. The zero-order valence-electron chi connectivity index (χ0n) is 21.3. The number of furan rings is 1. The number of carbonyl (C=O) groups excluding carboxylic acids is 3. The zero-order valence-corrected chi connectivity index (χ0v) is 22.2. The van der Waals surface area contributed by atoms with Gasteiger partial charge in [0.15, 0.2) is 28.1 Å². The van der Waals surface area contributed by atoms with E-state index in [1.54, 1.807) is 38.1 Å². The highest BCUT2D eigenvalue weighted by molar-refractivity contribution is 7.17. The van der Waals surface area contributed by atoms with Gasteiger partial charge >= 0.3 is 5.97 Å². The van der Waals surface area contributed by atoms with Gasteiger partial charge in [-0.25, -0.2) is 9.78 Å². The number of aromatic nitrogens is 1. The van der Waals surface area contributed by atoms with Crippen molar-refractivity contribution in [2.24, 2.45) is 0 Å². The molecule has 4 rings (SSSR count). The average molecular weight is 551 g/mol. The Labute approximate surface area is 228 Å². The molecular formula is C28H26N2O8S.